The van der Waals surface area contributed by atoms with Gasteiger partial charge in [-0.3, -0.25) is 4.79 Å². The van der Waals surface area contributed by atoms with Crippen molar-refractivity contribution in [3.05, 3.63) is 95.7 Å². The number of benzene rings is 3. The van der Waals surface area contributed by atoms with E-state index in [4.69, 9.17) is 9.47 Å². The van der Waals surface area contributed by atoms with Crippen LogP contribution in [0.1, 0.15) is 29.2 Å². The number of H-pyrrole nitrogens is 1. The number of rotatable bonds is 8. The summed E-state index contributed by atoms with van der Waals surface area (Å²) in [5, 5.41) is 5.19. The van der Waals surface area contributed by atoms with Gasteiger partial charge in [-0.15, -0.1) is 0 Å². The summed E-state index contributed by atoms with van der Waals surface area (Å²) in [6, 6.07) is 23.3. The number of hydrogen-bond acceptors (Lipinski definition) is 6. The van der Waals surface area contributed by atoms with Gasteiger partial charge in [-0.1, -0.05) is 54.6 Å². The van der Waals surface area contributed by atoms with Crippen LogP contribution in [-0.4, -0.2) is 30.3 Å². The van der Waals surface area contributed by atoms with E-state index < -0.39 is 6.04 Å². The first kappa shape index (κ1) is 22.6. The molecule has 8 heteroatoms. The van der Waals surface area contributed by atoms with Crippen LogP contribution in [0, 0.1) is 0 Å². The maximum atomic E-state index is 12.6. The molecule has 4 N–H and O–H groups in total. The zero-order valence-electron chi connectivity index (χ0n) is 19.3. The van der Waals surface area contributed by atoms with Crippen LogP contribution in [0.15, 0.2) is 84.1 Å². The number of para-hydroxylation sites is 1. The number of amides is 1. The van der Waals surface area contributed by atoms with Crippen molar-refractivity contribution in [3.63, 3.8) is 0 Å². The van der Waals surface area contributed by atoms with Gasteiger partial charge >= 0.3 is 0 Å². The predicted molar refractivity (Wildman–Crippen MR) is 135 cm³/mol. The molecule has 2 atom stereocenters. The van der Waals surface area contributed by atoms with Crippen LogP contribution in [0.2, 0.25) is 0 Å². The zero-order valence-corrected chi connectivity index (χ0v) is 19.3. The normalized spacial score (nSPS) is 17.6. The van der Waals surface area contributed by atoms with Gasteiger partial charge in [0, 0.05) is 28.7 Å². The number of hydrazone groups is 1. The summed E-state index contributed by atoms with van der Waals surface area (Å²) >= 11 is 0. The molecule has 1 amide bonds. The van der Waals surface area contributed by atoms with Crippen molar-refractivity contribution in [3.8, 4) is 11.5 Å². The number of hydrazine groups is 1. The van der Waals surface area contributed by atoms with Crippen LogP contribution in [0.25, 0.3) is 10.9 Å². The molecule has 5 rings (SSSR count). The minimum Gasteiger partial charge on any atom is -0.493 e. The van der Waals surface area contributed by atoms with E-state index in [9.17, 15) is 4.79 Å². The molecule has 3 aromatic carbocycles. The number of carbonyl (C=O) groups is 1. The Morgan fingerprint density at radius 3 is 2.74 bits per heavy atom. The Morgan fingerprint density at radius 2 is 1.89 bits per heavy atom. The summed E-state index contributed by atoms with van der Waals surface area (Å²) in [6.07, 6.45) is 4.09. The van der Waals surface area contributed by atoms with Crippen molar-refractivity contribution >= 4 is 23.0 Å². The number of nitrogens with zero attached hydrogens (tertiary/aromatic N) is 1. The average Bonchev–Trinajstić information content (AvgIpc) is 3.56. The molecule has 0 spiro atoms. The summed E-state index contributed by atoms with van der Waals surface area (Å²) < 4.78 is 11.5. The highest BCUT2D eigenvalue weighted by molar-refractivity contribution is 5.99. The minimum absolute atomic E-state index is 0.0552. The Kier molecular flexibility index (Phi) is 6.74. The molecular formula is C27H27N5O3. The number of methoxy groups -OCH3 is 1. The van der Waals surface area contributed by atoms with E-state index in [1.165, 1.54) is 0 Å². The van der Waals surface area contributed by atoms with E-state index in [2.05, 4.69) is 26.4 Å². The van der Waals surface area contributed by atoms with Gasteiger partial charge in [0.1, 0.15) is 12.6 Å². The molecule has 4 aromatic rings. The Labute approximate surface area is 203 Å². The molecule has 35 heavy (non-hydrogen) atoms. The lowest BCUT2D eigenvalue weighted by Crippen LogP contribution is -2.41. The lowest BCUT2D eigenvalue weighted by Gasteiger charge is -2.15. The Morgan fingerprint density at radius 1 is 1.06 bits per heavy atom. The van der Waals surface area contributed by atoms with E-state index in [0.717, 1.165) is 27.6 Å². The fourth-order valence-electron chi connectivity index (χ4n) is 4.15. The second kappa shape index (κ2) is 10.4. The van der Waals surface area contributed by atoms with E-state index in [1.54, 1.807) is 13.3 Å². The van der Waals surface area contributed by atoms with Gasteiger partial charge in [-0.2, -0.15) is 5.10 Å². The Hall–Kier alpha value is -4.14. The summed E-state index contributed by atoms with van der Waals surface area (Å²) in [4.78, 5) is 15.8. The van der Waals surface area contributed by atoms with Crippen LogP contribution >= 0.6 is 0 Å². The highest BCUT2D eigenvalue weighted by atomic mass is 16.5. The lowest BCUT2D eigenvalue weighted by atomic mass is 10.0. The molecule has 0 aliphatic carbocycles. The fourth-order valence-corrected chi connectivity index (χ4v) is 4.15. The zero-order chi connectivity index (χ0) is 24.0. The largest absolute Gasteiger partial charge is 0.493 e. The van der Waals surface area contributed by atoms with Crippen LogP contribution in [0.4, 0.5) is 0 Å². The van der Waals surface area contributed by atoms with Gasteiger partial charge in [0.25, 0.3) is 5.91 Å². The smallest absolute Gasteiger partial charge is 0.258 e. The maximum absolute atomic E-state index is 12.6. The molecule has 1 fully saturated rings. The monoisotopic (exact) mass is 469 g/mol. The highest BCUT2D eigenvalue weighted by Crippen LogP contribution is 2.33. The molecule has 0 bridgehead atoms. The van der Waals surface area contributed by atoms with Crippen molar-refractivity contribution in [1.82, 2.24) is 21.3 Å². The first-order chi connectivity index (χ1) is 17.2. The number of nitrogens with one attached hydrogen (secondary N) is 4. The van der Waals surface area contributed by atoms with Crippen molar-refractivity contribution in [2.24, 2.45) is 5.10 Å². The third-order valence-corrected chi connectivity index (χ3v) is 6.05. The molecule has 1 aliphatic rings. The van der Waals surface area contributed by atoms with E-state index >= 15 is 0 Å². The topological polar surface area (TPSA) is 99.8 Å². The van der Waals surface area contributed by atoms with Gasteiger partial charge in [0.15, 0.2) is 11.5 Å². The van der Waals surface area contributed by atoms with E-state index in [1.807, 2.05) is 79.0 Å². The summed E-state index contributed by atoms with van der Waals surface area (Å²) in [6.45, 7) is 0.459. The van der Waals surface area contributed by atoms with Crippen molar-refractivity contribution in [2.45, 2.75) is 25.1 Å². The first-order valence-electron chi connectivity index (χ1n) is 11.5. The molecule has 0 saturated carbocycles. The average molecular weight is 470 g/mol. The van der Waals surface area contributed by atoms with Crippen LogP contribution in [0.3, 0.4) is 0 Å². The SMILES string of the molecule is COc1cc(C2CC(C(=O)N/N=C/c3c[nH]c4ccccc34)NN2)ccc1OCc1ccccc1. The number of fused-ring (bicyclic) bond motifs is 1. The van der Waals surface area contributed by atoms with Crippen LogP contribution < -0.4 is 25.8 Å². The van der Waals surface area contributed by atoms with Crippen molar-refractivity contribution in [2.75, 3.05) is 7.11 Å². The second-order valence-electron chi connectivity index (χ2n) is 8.34. The Balaban J connectivity index is 1.18. The predicted octanol–water partition coefficient (Wildman–Crippen LogP) is 3.81. The molecule has 2 heterocycles. The third-order valence-electron chi connectivity index (χ3n) is 6.05. The maximum Gasteiger partial charge on any atom is 0.258 e. The molecule has 8 nitrogen and oxygen atoms in total. The minimum atomic E-state index is -0.417. The van der Waals surface area contributed by atoms with Gasteiger partial charge in [-0.25, -0.2) is 16.3 Å². The standard InChI is InChI=1S/C27H27N5O3/c1-34-26-13-19(11-12-25(26)35-17-18-7-3-2-4-8-18)23-14-24(31-30-23)27(33)32-29-16-20-15-28-22-10-6-5-9-21(20)22/h2-13,15-16,23-24,28,30-31H,14,17H2,1H3,(H,32,33)/b29-16+. The quantitative estimate of drug-likeness (QED) is 0.232. The van der Waals surface area contributed by atoms with Gasteiger partial charge < -0.3 is 14.5 Å². The summed E-state index contributed by atoms with van der Waals surface area (Å²) in [7, 11) is 1.62. The molecule has 1 aliphatic heterocycles. The Bertz CT molecular complexity index is 1340. The number of aromatic nitrogens is 1. The molecule has 0 radical (unpaired) electrons. The molecule has 2 unspecified atom stereocenters. The second-order valence-corrected chi connectivity index (χ2v) is 8.34. The highest BCUT2D eigenvalue weighted by Gasteiger charge is 2.30. The third kappa shape index (κ3) is 5.18. The number of aromatic amines is 1. The van der Waals surface area contributed by atoms with Crippen molar-refractivity contribution < 1.29 is 14.3 Å². The van der Waals surface area contributed by atoms with E-state index in [0.29, 0.717) is 24.5 Å². The van der Waals surface area contributed by atoms with Crippen LogP contribution in [-0.2, 0) is 11.4 Å². The molecule has 1 saturated heterocycles. The van der Waals surface area contributed by atoms with Gasteiger partial charge in [0.2, 0.25) is 0 Å². The van der Waals surface area contributed by atoms with Gasteiger partial charge in [0.05, 0.1) is 13.3 Å². The summed E-state index contributed by atoms with van der Waals surface area (Å²) in [5.74, 6) is 1.12. The van der Waals surface area contributed by atoms with E-state index in [-0.39, 0.29) is 11.9 Å². The van der Waals surface area contributed by atoms with Gasteiger partial charge in [-0.05, 0) is 35.7 Å². The molecular weight excluding hydrogens is 442 g/mol. The fraction of sp³-hybridized carbons (Fsp3) is 0.185. The first-order valence-corrected chi connectivity index (χ1v) is 11.5. The number of ether oxygens (including phenoxy) is 2. The lowest BCUT2D eigenvalue weighted by molar-refractivity contribution is -0.122. The number of hydrogen-bond donors (Lipinski definition) is 4. The summed E-state index contributed by atoms with van der Waals surface area (Å²) in [5.41, 5.74) is 12.9. The molecule has 1 aromatic heterocycles. The van der Waals surface area contributed by atoms with Crippen LogP contribution in [0.5, 0.6) is 11.5 Å². The van der Waals surface area contributed by atoms with Crippen molar-refractivity contribution in [1.29, 1.82) is 0 Å². The molecule has 178 valence electrons. The number of carbonyl (C=O) groups excluding carboxylic acids is 1.